The van der Waals surface area contributed by atoms with Crippen LogP contribution in [0.4, 0.5) is 0 Å². The molecule has 1 aromatic carbocycles. The number of likely N-dealkylation sites (N-methyl/N-ethyl adjacent to an activating group) is 1. The minimum atomic E-state index is -0.0441. The minimum Gasteiger partial charge on any atom is -0.463 e. The van der Waals surface area contributed by atoms with E-state index < -0.39 is 0 Å². The number of aromatic nitrogens is 2. The summed E-state index contributed by atoms with van der Waals surface area (Å²) in [6.45, 7) is 0.586. The molecule has 0 unspecified atom stereocenters. The van der Waals surface area contributed by atoms with Gasteiger partial charge in [-0.2, -0.15) is 0 Å². The number of amides is 1. The maximum absolute atomic E-state index is 13.1. The van der Waals surface area contributed by atoms with E-state index in [0.29, 0.717) is 30.0 Å². The Labute approximate surface area is 157 Å². The Kier molecular flexibility index (Phi) is 4.66. The molecular formula is C22H19N3O2. The van der Waals surface area contributed by atoms with Crippen molar-refractivity contribution in [3.8, 4) is 11.5 Å². The van der Waals surface area contributed by atoms with E-state index in [1.165, 1.54) is 0 Å². The summed E-state index contributed by atoms with van der Waals surface area (Å²) in [5.41, 5.74) is 3.01. The van der Waals surface area contributed by atoms with E-state index in [4.69, 9.17) is 4.42 Å². The molecule has 134 valence electrons. The molecule has 27 heavy (non-hydrogen) atoms. The van der Waals surface area contributed by atoms with Crippen LogP contribution < -0.4 is 0 Å². The summed E-state index contributed by atoms with van der Waals surface area (Å²) in [5, 5.41) is 0.836. The van der Waals surface area contributed by atoms with Crippen LogP contribution in [0.2, 0.25) is 0 Å². The Balaban J connectivity index is 1.66. The molecule has 0 fully saturated rings. The standard InChI is InChI=1S/C22H19N3O2/c1-25(13-11-16-7-4-5-12-23-16)22(26)18-15-20(21-10-6-14-27-21)24-19-9-3-2-8-17(18)19/h2-10,12,14-15H,11,13H2,1H3. The fraction of sp³-hybridized carbons (Fsp3) is 0.136. The van der Waals surface area contributed by atoms with Crippen molar-refractivity contribution >= 4 is 16.8 Å². The predicted octanol–water partition coefficient (Wildman–Crippen LogP) is 4.20. The van der Waals surface area contributed by atoms with Gasteiger partial charge in [0.05, 0.1) is 17.3 Å². The summed E-state index contributed by atoms with van der Waals surface area (Å²) in [6.07, 6.45) is 4.08. The van der Waals surface area contributed by atoms with Crippen LogP contribution in [-0.4, -0.2) is 34.4 Å². The highest BCUT2D eigenvalue weighted by Gasteiger charge is 2.18. The van der Waals surface area contributed by atoms with Gasteiger partial charge in [-0.15, -0.1) is 0 Å². The zero-order valence-corrected chi connectivity index (χ0v) is 15.0. The first kappa shape index (κ1) is 17.0. The minimum absolute atomic E-state index is 0.0441. The molecule has 0 aliphatic heterocycles. The molecule has 0 saturated heterocycles. The lowest BCUT2D eigenvalue weighted by Crippen LogP contribution is -2.29. The lowest BCUT2D eigenvalue weighted by atomic mass is 10.1. The Morgan fingerprint density at radius 1 is 1.07 bits per heavy atom. The number of hydrogen-bond donors (Lipinski definition) is 0. The monoisotopic (exact) mass is 357 g/mol. The molecule has 4 rings (SSSR count). The lowest BCUT2D eigenvalue weighted by molar-refractivity contribution is 0.0798. The number of para-hydroxylation sites is 1. The van der Waals surface area contributed by atoms with Gasteiger partial charge in [-0.1, -0.05) is 24.3 Å². The van der Waals surface area contributed by atoms with E-state index in [9.17, 15) is 4.79 Å². The number of carbonyl (C=O) groups is 1. The van der Waals surface area contributed by atoms with Gasteiger partial charge in [0.15, 0.2) is 5.76 Å². The third-order valence-electron chi connectivity index (χ3n) is 4.50. The van der Waals surface area contributed by atoms with Crippen LogP contribution in [0.3, 0.4) is 0 Å². The Hall–Kier alpha value is -3.47. The van der Waals surface area contributed by atoms with E-state index in [-0.39, 0.29) is 5.91 Å². The van der Waals surface area contributed by atoms with Crippen molar-refractivity contribution in [1.82, 2.24) is 14.9 Å². The van der Waals surface area contributed by atoms with Crippen LogP contribution in [-0.2, 0) is 6.42 Å². The highest BCUT2D eigenvalue weighted by Crippen LogP contribution is 2.26. The molecule has 4 aromatic rings. The van der Waals surface area contributed by atoms with Gasteiger partial charge < -0.3 is 9.32 Å². The summed E-state index contributed by atoms with van der Waals surface area (Å²) < 4.78 is 5.47. The van der Waals surface area contributed by atoms with Crippen molar-refractivity contribution in [1.29, 1.82) is 0 Å². The van der Waals surface area contributed by atoms with Crippen LogP contribution in [0, 0.1) is 0 Å². The van der Waals surface area contributed by atoms with Gasteiger partial charge in [0.2, 0.25) is 0 Å². The number of rotatable bonds is 5. The fourth-order valence-electron chi connectivity index (χ4n) is 3.04. The third kappa shape index (κ3) is 3.58. The molecule has 0 aliphatic rings. The molecule has 3 aromatic heterocycles. The Bertz CT molecular complexity index is 1060. The molecule has 0 aliphatic carbocycles. The molecule has 0 saturated carbocycles. The Morgan fingerprint density at radius 2 is 1.93 bits per heavy atom. The summed E-state index contributed by atoms with van der Waals surface area (Å²) in [5.74, 6) is 0.600. The molecule has 0 spiro atoms. The van der Waals surface area contributed by atoms with Crippen LogP contribution in [0.1, 0.15) is 16.1 Å². The summed E-state index contributed by atoms with van der Waals surface area (Å²) in [7, 11) is 1.81. The van der Waals surface area contributed by atoms with Gasteiger partial charge in [0.25, 0.3) is 5.91 Å². The van der Waals surface area contributed by atoms with Gasteiger partial charge in [-0.3, -0.25) is 9.78 Å². The second-order valence-electron chi connectivity index (χ2n) is 6.35. The number of fused-ring (bicyclic) bond motifs is 1. The van der Waals surface area contributed by atoms with Gasteiger partial charge >= 0.3 is 0 Å². The molecule has 5 heteroatoms. The third-order valence-corrected chi connectivity index (χ3v) is 4.50. The highest BCUT2D eigenvalue weighted by atomic mass is 16.3. The topological polar surface area (TPSA) is 59.2 Å². The van der Waals surface area contributed by atoms with Crippen molar-refractivity contribution < 1.29 is 9.21 Å². The van der Waals surface area contributed by atoms with E-state index in [0.717, 1.165) is 16.6 Å². The first-order valence-electron chi connectivity index (χ1n) is 8.81. The number of carbonyl (C=O) groups excluding carboxylic acids is 1. The van der Waals surface area contributed by atoms with Crippen molar-refractivity contribution in [2.24, 2.45) is 0 Å². The van der Waals surface area contributed by atoms with Crippen LogP contribution >= 0.6 is 0 Å². The first-order chi connectivity index (χ1) is 13.2. The second-order valence-corrected chi connectivity index (χ2v) is 6.35. The first-order valence-corrected chi connectivity index (χ1v) is 8.81. The number of nitrogens with zero attached hydrogens (tertiary/aromatic N) is 3. The molecule has 1 amide bonds. The SMILES string of the molecule is CN(CCc1ccccn1)C(=O)c1cc(-c2ccco2)nc2ccccc12. The summed E-state index contributed by atoms with van der Waals surface area (Å²) >= 11 is 0. The van der Waals surface area contributed by atoms with Gasteiger partial charge in [0.1, 0.15) is 5.69 Å². The van der Waals surface area contributed by atoms with Gasteiger partial charge in [-0.05, 0) is 36.4 Å². The van der Waals surface area contributed by atoms with Gasteiger partial charge in [0, 0.05) is 37.3 Å². The van der Waals surface area contributed by atoms with Crippen molar-refractivity contribution in [3.63, 3.8) is 0 Å². The molecule has 0 bridgehead atoms. The lowest BCUT2D eigenvalue weighted by Gasteiger charge is -2.18. The average molecular weight is 357 g/mol. The van der Waals surface area contributed by atoms with E-state index in [1.807, 2.05) is 61.6 Å². The zero-order valence-electron chi connectivity index (χ0n) is 15.0. The van der Waals surface area contributed by atoms with Crippen LogP contribution in [0.25, 0.3) is 22.4 Å². The smallest absolute Gasteiger partial charge is 0.254 e. The number of hydrogen-bond acceptors (Lipinski definition) is 4. The zero-order chi connectivity index (χ0) is 18.6. The molecule has 0 radical (unpaired) electrons. The van der Waals surface area contributed by atoms with Crippen molar-refractivity contribution in [2.75, 3.05) is 13.6 Å². The van der Waals surface area contributed by atoms with Crippen LogP contribution in [0.5, 0.6) is 0 Å². The fourth-order valence-corrected chi connectivity index (χ4v) is 3.04. The molecule has 5 nitrogen and oxygen atoms in total. The van der Waals surface area contributed by atoms with E-state index in [2.05, 4.69) is 9.97 Å². The van der Waals surface area contributed by atoms with Crippen LogP contribution in [0.15, 0.2) is 77.5 Å². The normalized spacial score (nSPS) is 10.9. The summed E-state index contributed by atoms with van der Waals surface area (Å²) in [6, 6.07) is 18.9. The Morgan fingerprint density at radius 3 is 2.70 bits per heavy atom. The average Bonchev–Trinajstić information content (AvgIpc) is 3.26. The molecule has 0 atom stereocenters. The largest absolute Gasteiger partial charge is 0.463 e. The summed E-state index contributed by atoms with van der Waals surface area (Å²) in [4.78, 5) is 23.8. The number of benzene rings is 1. The number of pyridine rings is 2. The quantitative estimate of drug-likeness (QED) is 0.537. The van der Waals surface area contributed by atoms with Crippen molar-refractivity contribution in [2.45, 2.75) is 6.42 Å². The van der Waals surface area contributed by atoms with Crippen molar-refractivity contribution in [3.05, 3.63) is 84.4 Å². The maximum Gasteiger partial charge on any atom is 0.254 e. The second kappa shape index (κ2) is 7.41. The molecular weight excluding hydrogens is 338 g/mol. The molecule has 3 heterocycles. The van der Waals surface area contributed by atoms with E-state index >= 15 is 0 Å². The highest BCUT2D eigenvalue weighted by molar-refractivity contribution is 6.07. The predicted molar refractivity (Wildman–Crippen MR) is 104 cm³/mol. The number of furan rings is 1. The molecule has 0 N–H and O–H groups in total. The maximum atomic E-state index is 13.1. The van der Waals surface area contributed by atoms with Gasteiger partial charge in [-0.25, -0.2) is 4.98 Å². The van der Waals surface area contributed by atoms with E-state index in [1.54, 1.807) is 23.4 Å².